The molecule has 0 atom stereocenters. The minimum atomic E-state index is -0.178. The fourth-order valence-corrected chi connectivity index (χ4v) is 8.06. The molecule has 0 saturated carbocycles. The number of carbonyl (C=O) groups excluding carboxylic acids is 1. The van der Waals surface area contributed by atoms with Crippen molar-refractivity contribution in [2.75, 3.05) is 32.8 Å². The lowest BCUT2D eigenvalue weighted by molar-refractivity contribution is 0.0969. The van der Waals surface area contributed by atoms with E-state index in [2.05, 4.69) is 116 Å². The molecule has 0 bridgehead atoms. The zero-order valence-electron chi connectivity index (χ0n) is 27.2. The highest BCUT2D eigenvalue weighted by atomic mass is 79.9. The van der Waals surface area contributed by atoms with Crippen LogP contribution in [0.4, 0.5) is 4.79 Å². The van der Waals surface area contributed by atoms with Crippen molar-refractivity contribution >= 4 is 46.6 Å². The number of amides is 1. The molecule has 2 saturated heterocycles. The number of likely N-dealkylation sites (tertiary alicyclic amines) is 1. The highest BCUT2D eigenvalue weighted by molar-refractivity contribution is 8.93. The first-order valence-electron chi connectivity index (χ1n) is 16.3. The second-order valence-electron chi connectivity index (χ2n) is 11.9. The maximum Gasteiger partial charge on any atom is 0.409 e. The molecule has 4 nitrogen and oxygen atoms in total. The van der Waals surface area contributed by atoms with Crippen molar-refractivity contribution in [2.24, 2.45) is 0 Å². The number of hydrogen-bond acceptors (Lipinski definition) is 5. The van der Waals surface area contributed by atoms with E-state index in [1.165, 1.54) is 54.7 Å². The molecule has 1 N–H and O–H groups in total. The second-order valence-corrected chi connectivity index (χ2v) is 14.1. The van der Waals surface area contributed by atoms with Crippen LogP contribution in [0, 0.1) is 13.8 Å². The lowest BCUT2D eigenvalue weighted by Crippen LogP contribution is -2.38. The van der Waals surface area contributed by atoms with Gasteiger partial charge in [0.15, 0.2) is 0 Å². The maximum atomic E-state index is 11.9. The molecule has 0 aliphatic carbocycles. The van der Waals surface area contributed by atoms with Crippen LogP contribution in [0.3, 0.4) is 0 Å². The monoisotopic (exact) mass is 718 g/mol. The SMILES string of the molecule is Br.CCOC(=O)N1CCC(c2ccccc2Sc2ccc(C)cc2)CC1.Cc1ccc(Sc2ccccc2C2CCNCC2)cc1. The van der Waals surface area contributed by atoms with Crippen molar-refractivity contribution in [2.45, 2.75) is 77.9 Å². The summed E-state index contributed by atoms with van der Waals surface area (Å²) in [6, 6.07) is 35.1. The predicted molar refractivity (Wildman–Crippen MR) is 199 cm³/mol. The fourth-order valence-electron chi connectivity index (χ4n) is 6.01. The summed E-state index contributed by atoms with van der Waals surface area (Å²) in [5.74, 6) is 1.21. The number of nitrogens with one attached hydrogen (secondary N) is 1. The van der Waals surface area contributed by atoms with Gasteiger partial charge in [-0.25, -0.2) is 4.79 Å². The quantitative estimate of drug-likeness (QED) is 0.206. The van der Waals surface area contributed by atoms with Gasteiger partial charge < -0.3 is 15.0 Å². The lowest BCUT2D eigenvalue weighted by Gasteiger charge is -2.32. The molecule has 7 heteroatoms. The van der Waals surface area contributed by atoms with Crippen molar-refractivity contribution in [1.29, 1.82) is 0 Å². The third kappa shape index (κ3) is 10.4. The van der Waals surface area contributed by atoms with Crippen molar-refractivity contribution in [3.63, 3.8) is 0 Å². The van der Waals surface area contributed by atoms with Gasteiger partial charge in [0.05, 0.1) is 6.61 Å². The summed E-state index contributed by atoms with van der Waals surface area (Å²) in [6.07, 6.45) is 4.31. The van der Waals surface area contributed by atoms with Crippen LogP contribution in [-0.2, 0) is 4.74 Å². The van der Waals surface area contributed by atoms with Crippen molar-refractivity contribution in [3.05, 3.63) is 119 Å². The zero-order valence-corrected chi connectivity index (χ0v) is 30.6. The summed E-state index contributed by atoms with van der Waals surface area (Å²) in [6.45, 7) is 10.4. The highest BCUT2D eigenvalue weighted by Gasteiger charge is 2.26. The van der Waals surface area contributed by atoms with E-state index in [9.17, 15) is 4.79 Å². The molecule has 0 aromatic heterocycles. The topological polar surface area (TPSA) is 41.6 Å². The van der Waals surface area contributed by atoms with Crippen molar-refractivity contribution in [3.8, 4) is 0 Å². The number of nitrogens with zero attached hydrogens (tertiary/aromatic N) is 1. The summed E-state index contributed by atoms with van der Waals surface area (Å²) < 4.78 is 5.12. The van der Waals surface area contributed by atoms with Gasteiger partial charge in [0.25, 0.3) is 0 Å². The van der Waals surface area contributed by atoms with E-state index in [0.717, 1.165) is 39.0 Å². The molecule has 2 heterocycles. The number of piperidine rings is 2. The highest BCUT2D eigenvalue weighted by Crippen LogP contribution is 2.39. The Morgan fingerprint density at radius 3 is 1.59 bits per heavy atom. The minimum absolute atomic E-state index is 0. The van der Waals surface area contributed by atoms with E-state index in [0.29, 0.717) is 18.4 Å². The first kappa shape index (κ1) is 36.1. The number of rotatable bonds is 7. The normalized spacial score (nSPS) is 15.3. The Hall–Kier alpha value is -2.71. The Labute approximate surface area is 294 Å². The first-order chi connectivity index (χ1) is 22.0. The number of ether oxygens (including phenoxy) is 1. The Balaban J connectivity index is 0.000000209. The van der Waals surface area contributed by atoms with Crippen molar-refractivity contribution in [1.82, 2.24) is 10.2 Å². The molecule has 1 amide bonds. The van der Waals surface area contributed by atoms with E-state index in [4.69, 9.17) is 4.74 Å². The predicted octanol–water partition coefficient (Wildman–Crippen LogP) is 10.7. The van der Waals surface area contributed by atoms with Gasteiger partial charge in [-0.05, 0) is 119 Å². The number of carbonyl (C=O) groups is 1. The largest absolute Gasteiger partial charge is 0.450 e. The van der Waals surface area contributed by atoms with Crippen molar-refractivity contribution < 1.29 is 9.53 Å². The molecule has 0 spiro atoms. The van der Waals surface area contributed by atoms with E-state index >= 15 is 0 Å². The molecule has 0 unspecified atom stereocenters. The smallest absolute Gasteiger partial charge is 0.409 e. The number of aryl methyl sites for hydroxylation is 2. The summed E-state index contributed by atoms with van der Waals surface area (Å²) in [7, 11) is 0. The summed E-state index contributed by atoms with van der Waals surface area (Å²) in [4.78, 5) is 19.0. The van der Waals surface area contributed by atoms with Gasteiger partial charge in [-0.15, -0.1) is 17.0 Å². The summed E-state index contributed by atoms with van der Waals surface area (Å²) >= 11 is 3.72. The first-order valence-corrected chi connectivity index (χ1v) is 17.9. The number of hydrogen-bond donors (Lipinski definition) is 1. The Morgan fingerprint density at radius 2 is 1.13 bits per heavy atom. The molecule has 2 aliphatic heterocycles. The standard InChI is InChI=1S/C21H25NO2S.C18H21NS.BrH/c1-3-24-21(23)22-14-12-17(13-15-22)19-6-4-5-7-20(19)25-18-10-8-16(2)9-11-18;1-14-6-8-16(9-7-14)20-18-5-3-2-4-17(18)15-10-12-19-13-11-15;/h4-11,17H,3,12-15H2,1-2H3;2-9,15,19H,10-13H2,1H3;1H. The number of halogens is 1. The Kier molecular flexibility index (Phi) is 14.6. The van der Waals surface area contributed by atoms with Crippen LogP contribution in [-0.4, -0.2) is 43.8 Å². The molecule has 2 aliphatic rings. The van der Waals surface area contributed by atoms with Crippen LogP contribution >= 0.6 is 40.5 Å². The zero-order chi connectivity index (χ0) is 31.4. The van der Waals surface area contributed by atoms with Gasteiger partial charge in [-0.3, -0.25) is 0 Å². The molecular formula is C39H47BrN2O2S2. The average molecular weight is 720 g/mol. The van der Waals surface area contributed by atoms with Crippen LogP contribution in [0.2, 0.25) is 0 Å². The molecule has 244 valence electrons. The molecular weight excluding hydrogens is 672 g/mol. The van der Waals surface area contributed by atoms with E-state index < -0.39 is 0 Å². The molecule has 0 radical (unpaired) electrons. The van der Waals surface area contributed by atoms with Crippen LogP contribution in [0.15, 0.2) is 117 Å². The van der Waals surface area contributed by atoms with Gasteiger partial charge in [0.2, 0.25) is 0 Å². The van der Waals surface area contributed by atoms with E-state index in [-0.39, 0.29) is 23.1 Å². The average Bonchev–Trinajstić information content (AvgIpc) is 3.08. The molecule has 4 aromatic carbocycles. The third-order valence-electron chi connectivity index (χ3n) is 8.58. The summed E-state index contributed by atoms with van der Waals surface area (Å²) in [5.41, 5.74) is 5.53. The van der Waals surface area contributed by atoms with Crippen LogP contribution in [0.25, 0.3) is 0 Å². The van der Waals surface area contributed by atoms with Crippen LogP contribution in [0.1, 0.15) is 66.7 Å². The van der Waals surface area contributed by atoms with Crippen LogP contribution < -0.4 is 5.32 Å². The van der Waals surface area contributed by atoms with Gasteiger partial charge in [0.1, 0.15) is 0 Å². The molecule has 6 rings (SSSR count). The Morgan fingerprint density at radius 1 is 0.696 bits per heavy atom. The summed E-state index contributed by atoms with van der Waals surface area (Å²) in [5, 5.41) is 3.45. The molecule has 46 heavy (non-hydrogen) atoms. The van der Waals surface area contributed by atoms with Crippen LogP contribution in [0.5, 0.6) is 0 Å². The Bertz CT molecular complexity index is 1500. The molecule has 2 fully saturated rings. The van der Waals surface area contributed by atoms with E-state index in [1.54, 1.807) is 0 Å². The van der Waals surface area contributed by atoms with Gasteiger partial charge in [-0.1, -0.05) is 95.3 Å². The van der Waals surface area contributed by atoms with Gasteiger partial charge in [0, 0.05) is 32.7 Å². The second kappa shape index (κ2) is 18.6. The molecule has 4 aromatic rings. The fraction of sp³-hybridized carbons (Fsp3) is 0.359. The maximum absolute atomic E-state index is 11.9. The number of benzene rings is 4. The third-order valence-corrected chi connectivity index (χ3v) is 10.8. The van der Waals surface area contributed by atoms with E-state index in [1.807, 2.05) is 35.3 Å². The van der Waals surface area contributed by atoms with Gasteiger partial charge in [-0.2, -0.15) is 0 Å². The van der Waals surface area contributed by atoms with Gasteiger partial charge >= 0.3 is 6.09 Å². The lowest BCUT2D eigenvalue weighted by atomic mass is 9.89. The minimum Gasteiger partial charge on any atom is -0.450 e.